The Kier molecular flexibility index (Phi) is 5.62. The van der Waals surface area contributed by atoms with Gasteiger partial charge in [0.15, 0.2) is 0 Å². The molecule has 2 N–H and O–H groups in total. The van der Waals surface area contributed by atoms with Crippen LogP contribution in [0.1, 0.15) is 32.6 Å². The van der Waals surface area contributed by atoms with Gasteiger partial charge in [0.1, 0.15) is 0 Å². The van der Waals surface area contributed by atoms with Crippen molar-refractivity contribution in [3.05, 3.63) is 0 Å². The second kappa shape index (κ2) is 6.19. The van der Waals surface area contributed by atoms with E-state index in [9.17, 15) is 4.79 Å². The molecular weight excluding hydrogens is 130 g/mol. The van der Waals surface area contributed by atoms with Crippen molar-refractivity contribution in [3.8, 4) is 0 Å². The highest BCUT2D eigenvalue weighted by Gasteiger charge is 1.96. The van der Waals surface area contributed by atoms with E-state index >= 15 is 0 Å². The normalized spacial score (nSPS) is 8.90. The third-order valence-corrected chi connectivity index (χ3v) is 1.19. The summed E-state index contributed by atoms with van der Waals surface area (Å²) in [7, 11) is 0. The topological polar surface area (TPSA) is 65.3 Å². The molecule has 0 saturated heterocycles. The molecule has 0 unspecified atom stereocenters. The average Bonchev–Trinajstić information content (AvgIpc) is 1.89. The van der Waals surface area contributed by atoms with Crippen molar-refractivity contribution in [2.24, 2.45) is 5.22 Å². The first-order chi connectivity index (χ1) is 4.81. The lowest BCUT2D eigenvalue weighted by atomic mass is 10.2. The lowest BCUT2D eigenvalue weighted by Gasteiger charge is -1.95. The highest BCUT2D eigenvalue weighted by atomic mass is 16.2. The van der Waals surface area contributed by atoms with Gasteiger partial charge in [-0.1, -0.05) is 25.0 Å². The Morgan fingerprint density at radius 3 is 2.80 bits per heavy atom. The summed E-state index contributed by atoms with van der Waals surface area (Å²) in [5.74, 6) is -0.163. The molecule has 0 aliphatic heterocycles. The molecule has 0 saturated carbocycles. The van der Waals surface area contributed by atoms with Gasteiger partial charge in [0.05, 0.1) is 0 Å². The van der Waals surface area contributed by atoms with E-state index in [-0.39, 0.29) is 5.91 Å². The van der Waals surface area contributed by atoms with Gasteiger partial charge in [-0.25, -0.2) is 5.43 Å². The largest absolute Gasteiger partial charge is 0.273 e. The highest BCUT2D eigenvalue weighted by Crippen LogP contribution is 1.97. The lowest BCUT2D eigenvalue weighted by Crippen LogP contribution is -2.15. The minimum atomic E-state index is -0.163. The Morgan fingerprint density at radius 2 is 2.30 bits per heavy atom. The van der Waals surface area contributed by atoms with Crippen molar-refractivity contribution in [1.29, 1.82) is 5.53 Å². The fourth-order valence-corrected chi connectivity index (χ4v) is 0.654. The van der Waals surface area contributed by atoms with E-state index < -0.39 is 0 Å². The zero-order valence-corrected chi connectivity index (χ0v) is 6.18. The summed E-state index contributed by atoms with van der Waals surface area (Å²) in [6.07, 6.45) is 3.53. The minimum Gasteiger partial charge on any atom is -0.273 e. The van der Waals surface area contributed by atoms with Crippen molar-refractivity contribution < 1.29 is 4.79 Å². The lowest BCUT2D eigenvalue weighted by molar-refractivity contribution is -0.121. The maximum Gasteiger partial charge on any atom is 0.241 e. The van der Waals surface area contributed by atoms with Gasteiger partial charge >= 0.3 is 0 Å². The number of amides is 1. The van der Waals surface area contributed by atoms with E-state index in [0.717, 1.165) is 19.3 Å². The average molecular weight is 143 g/mol. The van der Waals surface area contributed by atoms with Gasteiger partial charge in [-0.3, -0.25) is 4.79 Å². The van der Waals surface area contributed by atoms with Crippen molar-refractivity contribution >= 4 is 5.91 Å². The van der Waals surface area contributed by atoms with Crippen LogP contribution in [0.25, 0.3) is 0 Å². The summed E-state index contributed by atoms with van der Waals surface area (Å²) in [5, 5.41) is 2.76. The smallest absolute Gasteiger partial charge is 0.241 e. The predicted octanol–water partition coefficient (Wildman–Crippen LogP) is 1.63. The van der Waals surface area contributed by atoms with Crippen LogP contribution >= 0.6 is 0 Å². The number of nitrogens with zero attached hydrogens (tertiary/aromatic N) is 1. The molecule has 0 aliphatic carbocycles. The summed E-state index contributed by atoms with van der Waals surface area (Å²) in [4.78, 5) is 10.6. The molecule has 0 spiro atoms. The van der Waals surface area contributed by atoms with Crippen LogP contribution in [0.15, 0.2) is 5.22 Å². The molecule has 10 heavy (non-hydrogen) atoms. The van der Waals surface area contributed by atoms with Gasteiger partial charge in [0, 0.05) is 6.42 Å². The molecular formula is C6H13N3O. The van der Waals surface area contributed by atoms with E-state index in [2.05, 4.69) is 17.6 Å². The summed E-state index contributed by atoms with van der Waals surface area (Å²) >= 11 is 0. The maximum atomic E-state index is 10.6. The monoisotopic (exact) mass is 143 g/mol. The van der Waals surface area contributed by atoms with Gasteiger partial charge in [0.25, 0.3) is 0 Å². The van der Waals surface area contributed by atoms with E-state index in [1.807, 2.05) is 0 Å². The molecule has 0 aromatic carbocycles. The molecule has 0 fully saturated rings. The van der Waals surface area contributed by atoms with Gasteiger partial charge in [-0.15, -0.1) is 0 Å². The van der Waals surface area contributed by atoms with Crippen LogP contribution in [0, 0.1) is 5.53 Å². The van der Waals surface area contributed by atoms with Gasteiger partial charge in [0.2, 0.25) is 5.91 Å². The number of carbonyl (C=O) groups is 1. The molecule has 58 valence electrons. The van der Waals surface area contributed by atoms with Crippen LogP contribution < -0.4 is 5.43 Å². The Bertz CT molecular complexity index is 114. The van der Waals surface area contributed by atoms with Gasteiger partial charge in [-0.2, -0.15) is 5.53 Å². The number of rotatable bonds is 5. The number of hydrogen-bond donors (Lipinski definition) is 2. The number of carbonyl (C=O) groups excluding carboxylic acids is 1. The Labute approximate surface area is 60.5 Å². The van der Waals surface area contributed by atoms with Crippen molar-refractivity contribution in [1.82, 2.24) is 5.43 Å². The molecule has 0 radical (unpaired) electrons. The van der Waals surface area contributed by atoms with Crippen molar-refractivity contribution in [3.63, 3.8) is 0 Å². The molecule has 0 bridgehead atoms. The third kappa shape index (κ3) is 5.21. The SMILES string of the molecule is CCCCCC(=O)NN=N. The summed E-state index contributed by atoms with van der Waals surface area (Å²) < 4.78 is 0. The van der Waals surface area contributed by atoms with Gasteiger partial charge in [-0.05, 0) is 6.42 Å². The van der Waals surface area contributed by atoms with Crippen LogP contribution in [-0.4, -0.2) is 5.91 Å². The second-order valence-corrected chi connectivity index (χ2v) is 2.10. The Balaban J connectivity index is 3.13. The van der Waals surface area contributed by atoms with Crippen LogP contribution in [0.5, 0.6) is 0 Å². The van der Waals surface area contributed by atoms with Crippen LogP contribution in [0.2, 0.25) is 0 Å². The fraction of sp³-hybridized carbons (Fsp3) is 0.833. The highest BCUT2D eigenvalue weighted by molar-refractivity contribution is 5.75. The zero-order chi connectivity index (χ0) is 7.82. The first-order valence-corrected chi connectivity index (χ1v) is 3.46. The first-order valence-electron chi connectivity index (χ1n) is 3.46. The minimum absolute atomic E-state index is 0.163. The van der Waals surface area contributed by atoms with Crippen LogP contribution in [0.3, 0.4) is 0 Å². The van der Waals surface area contributed by atoms with Crippen molar-refractivity contribution in [2.45, 2.75) is 32.6 Å². The molecule has 0 heterocycles. The van der Waals surface area contributed by atoms with Crippen LogP contribution in [0.4, 0.5) is 0 Å². The van der Waals surface area contributed by atoms with E-state index in [0.29, 0.717) is 6.42 Å². The van der Waals surface area contributed by atoms with Crippen LogP contribution in [-0.2, 0) is 4.79 Å². The zero-order valence-electron chi connectivity index (χ0n) is 6.18. The number of nitrogens with one attached hydrogen (secondary N) is 2. The second-order valence-electron chi connectivity index (χ2n) is 2.10. The van der Waals surface area contributed by atoms with E-state index in [4.69, 9.17) is 5.53 Å². The molecule has 0 aromatic rings. The van der Waals surface area contributed by atoms with Gasteiger partial charge < -0.3 is 0 Å². The number of hydrogen-bond acceptors (Lipinski definition) is 3. The Hall–Kier alpha value is -0.930. The molecule has 1 amide bonds. The molecule has 0 rings (SSSR count). The van der Waals surface area contributed by atoms with Crippen molar-refractivity contribution in [2.75, 3.05) is 0 Å². The molecule has 4 heteroatoms. The van der Waals surface area contributed by atoms with E-state index in [1.54, 1.807) is 0 Å². The third-order valence-electron chi connectivity index (χ3n) is 1.19. The first kappa shape index (κ1) is 9.07. The maximum absolute atomic E-state index is 10.6. The number of unbranched alkanes of at least 4 members (excludes halogenated alkanes) is 2. The molecule has 0 aliphatic rings. The quantitative estimate of drug-likeness (QED) is 0.343. The summed E-state index contributed by atoms with van der Waals surface area (Å²) in [6, 6.07) is 0. The summed E-state index contributed by atoms with van der Waals surface area (Å²) in [6.45, 7) is 2.08. The summed E-state index contributed by atoms with van der Waals surface area (Å²) in [5.41, 5.74) is 8.36. The predicted molar refractivity (Wildman–Crippen MR) is 37.4 cm³/mol. The van der Waals surface area contributed by atoms with E-state index in [1.165, 1.54) is 0 Å². The molecule has 4 nitrogen and oxygen atoms in total. The fourth-order valence-electron chi connectivity index (χ4n) is 0.654. The molecule has 0 aromatic heterocycles. The Morgan fingerprint density at radius 1 is 1.60 bits per heavy atom. The standard InChI is InChI=1S/C6H13N3O/c1-2-3-4-5-6(10)8-9-7/h2-5H2,1H3,(H2,7,8,10). The molecule has 0 atom stereocenters.